The number of carbonyl (C=O) groups excluding carboxylic acids is 1. The number of hydrogen-bond acceptors (Lipinski definition) is 3. The first kappa shape index (κ1) is 12.7. The van der Waals surface area contributed by atoms with E-state index in [-0.39, 0.29) is 11.8 Å². The van der Waals surface area contributed by atoms with E-state index in [0.29, 0.717) is 0 Å². The standard InChI is InChI=1S/C13H20N2O/c1-4-15-13(10(2)16)9-11-5-7-12(14-3)8-6-11/h5-8,13-15H,4,9H2,1-3H3/t13-/m1/s1. The van der Waals surface area contributed by atoms with Crippen LogP contribution in [0.4, 0.5) is 5.69 Å². The number of nitrogens with one attached hydrogen (secondary N) is 2. The van der Waals surface area contributed by atoms with Crippen LogP contribution in [0.15, 0.2) is 24.3 Å². The zero-order valence-electron chi connectivity index (χ0n) is 10.2. The van der Waals surface area contributed by atoms with E-state index in [1.807, 2.05) is 26.1 Å². The fraction of sp³-hybridized carbons (Fsp3) is 0.462. The van der Waals surface area contributed by atoms with Crippen molar-refractivity contribution < 1.29 is 4.79 Å². The van der Waals surface area contributed by atoms with Crippen molar-refractivity contribution in [3.05, 3.63) is 29.8 Å². The van der Waals surface area contributed by atoms with Crippen LogP contribution in [-0.4, -0.2) is 25.4 Å². The van der Waals surface area contributed by atoms with Crippen LogP contribution in [0.25, 0.3) is 0 Å². The lowest BCUT2D eigenvalue weighted by Crippen LogP contribution is -2.37. The van der Waals surface area contributed by atoms with Crippen LogP contribution in [0.5, 0.6) is 0 Å². The molecule has 0 saturated heterocycles. The molecule has 1 atom stereocenters. The van der Waals surface area contributed by atoms with E-state index in [1.165, 1.54) is 5.56 Å². The monoisotopic (exact) mass is 220 g/mol. The Morgan fingerprint density at radius 2 is 1.94 bits per heavy atom. The van der Waals surface area contributed by atoms with Crippen molar-refractivity contribution in [3.63, 3.8) is 0 Å². The van der Waals surface area contributed by atoms with Crippen LogP contribution in [0.1, 0.15) is 19.4 Å². The minimum Gasteiger partial charge on any atom is -0.388 e. The van der Waals surface area contributed by atoms with Gasteiger partial charge >= 0.3 is 0 Å². The van der Waals surface area contributed by atoms with Crippen LogP contribution >= 0.6 is 0 Å². The highest BCUT2D eigenvalue weighted by molar-refractivity contribution is 5.81. The minimum atomic E-state index is -0.0644. The molecule has 0 bridgehead atoms. The Hall–Kier alpha value is -1.35. The molecule has 0 fully saturated rings. The molecular formula is C13H20N2O. The molecule has 0 radical (unpaired) electrons. The van der Waals surface area contributed by atoms with E-state index in [0.717, 1.165) is 18.7 Å². The first-order valence-electron chi connectivity index (χ1n) is 5.68. The van der Waals surface area contributed by atoms with Crippen molar-refractivity contribution >= 4 is 11.5 Å². The molecule has 0 aromatic heterocycles. The van der Waals surface area contributed by atoms with Gasteiger partial charge in [-0.25, -0.2) is 0 Å². The second-order valence-electron chi connectivity index (χ2n) is 3.87. The van der Waals surface area contributed by atoms with E-state index in [2.05, 4.69) is 22.8 Å². The van der Waals surface area contributed by atoms with Gasteiger partial charge < -0.3 is 10.6 Å². The fourth-order valence-electron chi connectivity index (χ4n) is 1.65. The van der Waals surface area contributed by atoms with Crippen molar-refractivity contribution in [3.8, 4) is 0 Å². The highest BCUT2D eigenvalue weighted by atomic mass is 16.1. The fourth-order valence-corrected chi connectivity index (χ4v) is 1.65. The zero-order valence-corrected chi connectivity index (χ0v) is 10.2. The SMILES string of the molecule is CCN[C@H](Cc1ccc(NC)cc1)C(C)=O. The quantitative estimate of drug-likeness (QED) is 0.768. The molecule has 1 rings (SSSR count). The van der Waals surface area contributed by atoms with Crippen LogP contribution < -0.4 is 10.6 Å². The van der Waals surface area contributed by atoms with Crippen molar-refractivity contribution in [2.24, 2.45) is 0 Å². The molecule has 0 heterocycles. The van der Waals surface area contributed by atoms with Gasteiger partial charge in [-0.1, -0.05) is 19.1 Å². The van der Waals surface area contributed by atoms with Gasteiger partial charge in [0, 0.05) is 12.7 Å². The molecule has 3 nitrogen and oxygen atoms in total. The molecule has 0 saturated carbocycles. The number of Topliss-reactive ketones (excluding diaryl/α,β-unsaturated/α-hetero) is 1. The van der Waals surface area contributed by atoms with E-state index < -0.39 is 0 Å². The van der Waals surface area contributed by atoms with Gasteiger partial charge in [-0.15, -0.1) is 0 Å². The average molecular weight is 220 g/mol. The Bertz CT molecular complexity index is 332. The second-order valence-corrected chi connectivity index (χ2v) is 3.87. The van der Waals surface area contributed by atoms with Crippen LogP contribution in [0.3, 0.4) is 0 Å². The summed E-state index contributed by atoms with van der Waals surface area (Å²) in [5.41, 5.74) is 2.27. The molecule has 3 heteroatoms. The molecule has 1 aromatic carbocycles. The Labute approximate surface area is 97.2 Å². The minimum absolute atomic E-state index is 0.0644. The van der Waals surface area contributed by atoms with Crippen molar-refractivity contribution in [2.45, 2.75) is 26.3 Å². The number of rotatable bonds is 6. The Morgan fingerprint density at radius 1 is 1.31 bits per heavy atom. The van der Waals surface area contributed by atoms with Gasteiger partial charge in [-0.2, -0.15) is 0 Å². The summed E-state index contributed by atoms with van der Waals surface area (Å²) in [5.74, 6) is 0.194. The third kappa shape index (κ3) is 3.66. The van der Waals surface area contributed by atoms with Gasteiger partial charge in [-0.3, -0.25) is 4.79 Å². The summed E-state index contributed by atoms with van der Waals surface area (Å²) in [7, 11) is 1.89. The lowest BCUT2D eigenvalue weighted by atomic mass is 10.0. The zero-order chi connectivity index (χ0) is 12.0. The molecular weight excluding hydrogens is 200 g/mol. The predicted molar refractivity (Wildman–Crippen MR) is 67.8 cm³/mol. The van der Waals surface area contributed by atoms with E-state index in [9.17, 15) is 4.79 Å². The average Bonchev–Trinajstić information content (AvgIpc) is 2.29. The van der Waals surface area contributed by atoms with Crippen LogP contribution in [-0.2, 0) is 11.2 Å². The lowest BCUT2D eigenvalue weighted by Gasteiger charge is -2.14. The van der Waals surface area contributed by atoms with Crippen molar-refractivity contribution in [1.82, 2.24) is 5.32 Å². The molecule has 1 aromatic rings. The first-order valence-corrected chi connectivity index (χ1v) is 5.68. The highest BCUT2D eigenvalue weighted by Crippen LogP contribution is 2.10. The van der Waals surface area contributed by atoms with Gasteiger partial charge in [0.2, 0.25) is 0 Å². The van der Waals surface area contributed by atoms with Gasteiger partial charge in [0.1, 0.15) is 5.78 Å². The molecule has 0 spiro atoms. The summed E-state index contributed by atoms with van der Waals surface area (Å²) in [6.45, 7) is 4.47. The lowest BCUT2D eigenvalue weighted by molar-refractivity contribution is -0.118. The third-order valence-electron chi connectivity index (χ3n) is 2.62. The molecule has 16 heavy (non-hydrogen) atoms. The smallest absolute Gasteiger partial charge is 0.147 e. The van der Waals surface area contributed by atoms with Gasteiger partial charge in [0.15, 0.2) is 0 Å². The number of anilines is 1. The normalized spacial score (nSPS) is 12.2. The first-order chi connectivity index (χ1) is 7.67. The summed E-state index contributed by atoms with van der Waals surface area (Å²) in [4.78, 5) is 11.4. The number of hydrogen-bond donors (Lipinski definition) is 2. The summed E-state index contributed by atoms with van der Waals surface area (Å²) in [6.07, 6.45) is 0.757. The topological polar surface area (TPSA) is 41.1 Å². The number of ketones is 1. The largest absolute Gasteiger partial charge is 0.388 e. The predicted octanol–water partition coefficient (Wildman–Crippen LogP) is 1.84. The van der Waals surface area contributed by atoms with E-state index >= 15 is 0 Å². The number of benzene rings is 1. The molecule has 0 amide bonds. The summed E-state index contributed by atoms with van der Waals surface area (Å²) >= 11 is 0. The number of likely N-dealkylation sites (N-methyl/N-ethyl adjacent to an activating group) is 1. The Kier molecular flexibility index (Phi) is 4.99. The maximum Gasteiger partial charge on any atom is 0.147 e. The Morgan fingerprint density at radius 3 is 2.38 bits per heavy atom. The van der Waals surface area contributed by atoms with E-state index in [4.69, 9.17) is 0 Å². The van der Waals surface area contributed by atoms with Crippen molar-refractivity contribution in [2.75, 3.05) is 18.9 Å². The molecule has 0 aliphatic heterocycles. The molecule has 2 N–H and O–H groups in total. The van der Waals surface area contributed by atoms with Crippen molar-refractivity contribution in [1.29, 1.82) is 0 Å². The molecule has 0 aliphatic rings. The van der Waals surface area contributed by atoms with E-state index in [1.54, 1.807) is 6.92 Å². The van der Waals surface area contributed by atoms with Gasteiger partial charge in [0.05, 0.1) is 6.04 Å². The third-order valence-corrected chi connectivity index (χ3v) is 2.62. The highest BCUT2D eigenvalue weighted by Gasteiger charge is 2.12. The molecule has 0 aliphatic carbocycles. The maximum absolute atomic E-state index is 11.4. The number of carbonyl (C=O) groups is 1. The molecule has 88 valence electrons. The van der Waals surface area contributed by atoms with Gasteiger partial charge in [0.25, 0.3) is 0 Å². The van der Waals surface area contributed by atoms with Gasteiger partial charge in [-0.05, 0) is 37.6 Å². The summed E-state index contributed by atoms with van der Waals surface area (Å²) in [6, 6.07) is 8.10. The van der Waals surface area contributed by atoms with Crippen LogP contribution in [0, 0.1) is 0 Å². The summed E-state index contributed by atoms with van der Waals surface area (Å²) < 4.78 is 0. The summed E-state index contributed by atoms with van der Waals surface area (Å²) in [5, 5.41) is 6.27. The maximum atomic E-state index is 11.4. The van der Waals surface area contributed by atoms with Crippen LogP contribution in [0.2, 0.25) is 0 Å². The molecule has 0 unspecified atom stereocenters. The Balaban J connectivity index is 2.65. The second kappa shape index (κ2) is 6.28.